The number of likely N-dealkylation sites (tertiary alicyclic amines) is 1. The maximum Gasteiger partial charge on any atom is 0.233 e. The maximum absolute atomic E-state index is 5.01. The summed E-state index contributed by atoms with van der Waals surface area (Å²) in [4.78, 5) is 2.53. The molecule has 1 unspecified atom stereocenters. The number of aromatic nitrogens is 2. The Morgan fingerprint density at radius 3 is 2.76 bits per heavy atom. The molecule has 0 aromatic carbocycles. The standard InChI is InChI=1S/C13H21N3O/c1-10(2)16-7-6-11(9-16)8-12-4-5-13(17-3)15-14-12/h4-5,10-11H,6-9H2,1-3H3. The smallest absolute Gasteiger partial charge is 0.233 e. The highest BCUT2D eigenvalue weighted by atomic mass is 16.5. The van der Waals surface area contributed by atoms with Crippen LogP contribution in [-0.2, 0) is 6.42 Å². The van der Waals surface area contributed by atoms with Gasteiger partial charge in [-0.15, -0.1) is 5.10 Å². The van der Waals surface area contributed by atoms with Crippen LogP contribution in [0.5, 0.6) is 5.88 Å². The van der Waals surface area contributed by atoms with Gasteiger partial charge in [-0.3, -0.25) is 0 Å². The van der Waals surface area contributed by atoms with Crippen LogP contribution in [-0.4, -0.2) is 41.3 Å². The topological polar surface area (TPSA) is 38.2 Å². The van der Waals surface area contributed by atoms with E-state index >= 15 is 0 Å². The van der Waals surface area contributed by atoms with Crippen LogP contribution < -0.4 is 4.74 Å². The van der Waals surface area contributed by atoms with Gasteiger partial charge in [0.25, 0.3) is 0 Å². The molecule has 1 aromatic rings. The van der Waals surface area contributed by atoms with Crippen LogP contribution in [0, 0.1) is 5.92 Å². The Bertz CT molecular complexity index is 350. The van der Waals surface area contributed by atoms with E-state index in [0.29, 0.717) is 11.9 Å². The number of hydrogen-bond acceptors (Lipinski definition) is 4. The van der Waals surface area contributed by atoms with Crippen LogP contribution in [0.1, 0.15) is 26.0 Å². The van der Waals surface area contributed by atoms with E-state index in [4.69, 9.17) is 4.74 Å². The minimum Gasteiger partial charge on any atom is -0.480 e. The zero-order valence-electron chi connectivity index (χ0n) is 10.9. The van der Waals surface area contributed by atoms with Gasteiger partial charge in [0.2, 0.25) is 5.88 Å². The summed E-state index contributed by atoms with van der Waals surface area (Å²) in [6.45, 7) is 6.92. The molecule has 0 aliphatic carbocycles. The number of ether oxygens (including phenoxy) is 1. The molecule has 2 rings (SSSR count). The van der Waals surface area contributed by atoms with E-state index < -0.39 is 0 Å². The summed E-state index contributed by atoms with van der Waals surface area (Å²) < 4.78 is 5.01. The lowest BCUT2D eigenvalue weighted by Gasteiger charge is -2.20. The molecule has 94 valence electrons. The van der Waals surface area contributed by atoms with Crippen molar-refractivity contribution in [2.75, 3.05) is 20.2 Å². The number of methoxy groups -OCH3 is 1. The van der Waals surface area contributed by atoms with E-state index in [-0.39, 0.29) is 0 Å². The summed E-state index contributed by atoms with van der Waals surface area (Å²) in [5.74, 6) is 1.31. The van der Waals surface area contributed by atoms with Gasteiger partial charge in [0, 0.05) is 18.7 Å². The Balaban J connectivity index is 1.89. The normalized spacial score (nSPS) is 21.1. The Kier molecular flexibility index (Phi) is 3.94. The van der Waals surface area contributed by atoms with Gasteiger partial charge in [-0.05, 0) is 45.2 Å². The summed E-state index contributed by atoms with van der Waals surface area (Å²) >= 11 is 0. The predicted octanol–water partition coefficient (Wildman–Crippen LogP) is 1.76. The molecule has 1 aromatic heterocycles. The van der Waals surface area contributed by atoms with Gasteiger partial charge in [0.15, 0.2) is 0 Å². The second-order valence-corrected chi connectivity index (χ2v) is 5.01. The van der Waals surface area contributed by atoms with Gasteiger partial charge in [-0.2, -0.15) is 5.10 Å². The molecule has 0 radical (unpaired) electrons. The first-order chi connectivity index (χ1) is 8.19. The molecule has 0 spiro atoms. The number of hydrogen-bond donors (Lipinski definition) is 0. The lowest BCUT2D eigenvalue weighted by molar-refractivity contribution is 0.264. The van der Waals surface area contributed by atoms with Crippen LogP contribution in [0.25, 0.3) is 0 Å². The van der Waals surface area contributed by atoms with Crippen molar-refractivity contribution in [2.45, 2.75) is 32.7 Å². The largest absolute Gasteiger partial charge is 0.480 e. The van der Waals surface area contributed by atoms with E-state index in [1.165, 1.54) is 19.5 Å². The quantitative estimate of drug-likeness (QED) is 0.797. The van der Waals surface area contributed by atoms with Crippen molar-refractivity contribution in [3.8, 4) is 5.88 Å². The Morgan fingerprint density at radius 1 is 1.41 bits per heavy atom. The van der Waals surface area contributed by atoms with Gasteiger partial charge in [0.1, 0.15) is 0 Å². The van der Waals surface area contributed by atoms with Crippen molar-refractivity contribution in [1.82, 2.24) is 15.1 Å². The molecule has 1 aliphatic rings. The van der Waals surface area contributed by atoms with Gasteiger partial charge < -0.3 is 9.64 Å². The molecule has 4 nitrogen and oxygen atoms in total. The summed E-state index contributed by atoms with van der Waals surface area (Å²) in [7, 11) is 1.61. The van der Waals surface area contributed by atoms with Gasteiger partial charge in [-0.1, -0.05) is 0 Å². The Morgan fingerprint density at radius 2 is 2.24 bits per heavy atom. The molecule has 0 amide bonds. The average Bonchev–Trinajstić information content (AvgIpc) is 2.79. The van der Waals surface area contributed by atoms with E-state index in [9.17, 15) is 0 Å². The number of nitrogens with zero attached hydrogens (tertiary/aromatic N) is 3. The molecule has 17 heavy (non-hydrogen) atoms. The minimum absolute atomic E-state index is 0.587. The molecular formula is C13H21N3O. The van der Waals surface area contributed by atoms with Crippen molar-refractivity contribution in [3.05, 3.63) is 17.8 Å². The van der Waals surface area contributed by atoms with E-state index in [1.807, 2.05) is 12.1 Å². The summed E-state index contributed by atoms with van der Waals surface area (Å²) in [6, 6.07) is 4.56. The van der Waals surface area contributed by atoms with Crippen molar-refractivity contribution < 1.29 is 4.74 Å². The first-order valence-electron chi connectivity index (χ1n) is 6.29. The minimum atomic E-state index is 0.587. The Labute approximate surface area is 103 Å². The third kappa shape index (κ3) is 3.16. The fourth-order valence-electron chi connectivity index (χ4n) is 2.36. The zero-order valence-corrected chi connectivity index (χ0v) is 10.9. The molecule has 0 saturated carbocycles. The molecule has 1 atom stereocenters. The van der Waals surface area contributed by atoms with Gasteiger partial charge >= 0.3 is 0 Å². The fourth-order valence-corrected chi connectivity index (χ4v) is 2.36. The maximum atomic E-state index is 5.01. The van der Waals surface area contributed by atoms with Crippen LogP contribution in [0.2, 0.25) is 0 Å². The first-order valence-corrected chi connectivity index (χ1v) is 6.29. The second kappa shape index (κ2) is 5.45. The van der Waals surface area contributed by atoms with Crippen molar-refractivity contribution in [2.24, 2.45) is 5.92 Å². The molecule has 1 fully saturated rings. The third-order valence-electron chi connectivity index (χ3n) is 3.45. The molecule has 1 aliphatic heterocycles. The van der Waals surface area contributed by atoms with Gasteiger partial charge in [-0.25, -0.2) is 0 Å². The van der Waals surface area contributed by atoms with Crippen LogP contribution in [0.3, 0.4) is 0 Å². The molecule has 0 bridgehead atoms. The predicted molar refractivity (Wildman–Crippen MR) is 67.1 cm³/mol. The average molecular weight is 235 g/mol. The van der Waals surface area contributed by atoms with E-state index in [1.54, 1.807) is 7.11 Å². The highest BCUT2D eigenvalue weighted by Gasteiger charge is 2.24. The highest BCUT2D eigenvalue weighted by molar-refractivity contribution is 5.12. The molecule has 2 heterocycles. The highest BCUT2D eigenvalue weighted by Crippen LogP contribution is 2.21. The SMILES string of the molecule is COc1ccc(CC2CCN(C(C)C)C2)nn1. The van der Waals surface area contributed by atoms with Gasteiger partial charge in [0.05, 0.1) is 12.8 Å². The first kappa shape index (κ1) is 12.3. The van der Waals surface area contributed by atoms with Crippen molar-refractivity contribution in [3.63, 3.8) is 0 Å². The lowest BCUT2D eigenvalue weighted by atomic mass is 10.0. The molecule has 0 N–H and O–H groups in total. The Hall–Kier alpha value is -1.16. The zero-order chi connectivity index (χ0) is 12.3. The van der Waals surface area contributed by atoms with Crippen LogP contribution in [0.15, 0.2) is 12.1 Å². The fraction of sp³-hybridized carbons (Fsp3) is 0.692. The molecule has 4 heteroatoms. The molecule has 1 saturated heterocycles. The lowest BCUT2D eigenvalue weighted by Crippen LogP contribution is -2.28. The van der Waals surface area contributed by atoms with E-state index in [0.717, 1.165) is 18.0 Å². The van der Waals surface area contributed by atoms with Crippen molar-refractivity contribution >= 4 is 0 Å². The summed E-state index contributed by atoms with van der Waals surface area (Å²) in [6.07, 6.45) is 2.30. The third-order valence-corrected chi connectivity index (χ3v) is 3.45. The van der Waals surface area contributed by atoms with E-state index in [2.05, 4.69) is 28.9 Å². The van der Waals surface area contributed by atoms with Crippen molar-refractivity contribution in [1.29, 1.82) is 0 Å². The second-order valence-electron chi connectivity index (χ2n) is 5.01. The number of rotatable bonds is 4. The molecular weight excluding hydrogens is 214 g/mol. The summed E-state index contributed by atoms with van der Waals surface area (Å²) in [5, 5.41) is 8.20. The van der Waals surface area contributed by atoms with Crippen LogP contribution >= 0.6 is 0 Å². The summed E-state index contributed by atoms with van der Waals surface area (Å²) in [5.41, 5.74) is 1.07. The van der Waals surface area contributed by atoms with Crippen LogP contribution in [0.4, 0.5) is 0 Å². The monoisotopic (exact) mass is 235 g/mol.